The van der Waals surface area contributed by atoms with Crippen LogP contribution in [0, 0.1) is 22.7 Å². The molecule has 0 aromatic heterocycles. The van der Waals surface area contributed by atoms with E-state index in [9.17, 15) is 14.9 Å². The van der Waals surface area contributed by atoms with E-state index in [1.165, 1.54) is 4.90 Å². The molecule has 1 unspecified atom stereocenters. The van der Waals surface area contributed by atoms with Gasteiger partial charge in [0.15, 0.2) is 0 Å². The topological polar surface area (TPSA) is 82.4 Å². The second kappa shape index (κ2) is 8.33. The van der Waals surface area contributed by atoms with Crippen molar-refractivity contribution >= 4 is 12.0 Å². The molecule has 150 valence electrons. The highest BCUT2D eigenvalue weighted by atomic mass is 16.6. The molecule has 0 radical (unpaired) electrons. The highest BCUT2D eigenvalue weighted by Gasteiger charge is 2.46. The summed E-state index contributed by atoms with van der Waals surface area (Å²) in [6, 6.07) is 1.01. The zero-order chi connectivity index (χ0) is 20.2. The van der Waals surface area contributed by atoms with Gasteiger partial charge in [0, 0.05) is 12.5 Å². The van der Waals surface area contributed by atoms with Crippen LogP contribution < -0.4 is 5.32 Å². The zero-order valence-electron chi connectivity index (χ0n) is 17.1. The number of carbonyl (C=O) groups excluding carboxylic acids is 2. The van der Waals surface area contributed by atoms with Crippen LogP contribution in [-0.4, -0.2) is 41.6 Å². The Morgan fingerprint density at radius 2 is 1.96 bits per heavy atom. The molecule has 0 aliphatic heterocycles. The SMILES string of the molecule is C=CC1([C@H](NC(=O)OC(C)(C)C)C(=O)N(C)C(C#N)CC2CC2)CCCC1. The molecule has 2 aliphatic carbocycles. The molecule has 2 fully saturated rings. The number of alkyl carbamates (subject to hydrolysis) is 1. The van der Waals surface area contributed by atoms with Gasteiger partial charge in [-0.25, -0.2) is 4.79 Å². The van der Waals surface area contributed by atoms with Gasteiger partial charge in [0.2, 0.25) is 5.91 Å². The Labute approximate surface area is 162 Å². The van der Waals surface area contributed by atoms with Crippen LogP contribution in [0.25, 0.3) is 0 Å². The number of nitrogens with zero attached hydrogens (tertiary/aromatic N) is 2. The summed E-state index contributed by atoms with van der Waals surface area (Å²) in [7, 11) is 1.66. The fourth-order valence-corrected chi connectivity index (χ4v) is 3.84. The number of nitrogens with one attached hydrogen (secondary N) is 1. The molecule has 2 rings (SSSR count). The molecule has 0 heterocycles. The van der Waals surface area contributed by atoms with Gasteiger partial charge >= 0.3 is 6.09 Å². The van der Waals surface area contributed by atoms with E-state index in [0.717, 1.165) is 38.5 Å². The van der Waals surface area contributed by atoms with Crippen LogP contribution >= 0.6 is 0 Å². The lowest BCUT2D eigenvalue weighted by Crippen LogP contribution is -2.57. The molecule has 0 saturated heterocycles. The van der Waals surface area contributed by atoms with E-state index in [-0.39, 0.29) is 5.91 Å². The van der Waals surface area contributed by atoms with Crippen LogP contribution in [-0.2, 0) is 9.53 Å². The van der Waals surface area contributed by atoms with E-state index in [4.69, 9.17) is 4.74 Å². The first kappa shape index (κ1) is 21.3. The number of amides is 2. The number of hydrogen-bond donors (Lipinski definition) is 1. The molecule has 0 aromatic rings. The number of likely N-dealkylation sites (N-methyl/N-ethyl adjacent to an activating group) is 1. The molecule has 0 spiro atoms. The molecule has 2 saturated carbocycles. The molecule has 1 N–H and O–H groups in total. The van der Waals surface area contributed by atoms with E-state index < -0.39 is 29.2 Å². The highest BCUT2D eigenvalue weighted by molar-refractivity contribution is 5.87. The molecule has 2 aliphatic rings. The fraction of sp³-hybridized carbons (Fsp3) is 0.762. The maximum atomic E-state index is 13.4. The second-order valence-corrected chi connectivity index (χ2v) is 9.00. The standard InChI is InChI=1S/C21H33N3O3/c1-6-21(11-7-8-12-21)17(23-19(26)27-20(2,3)4)18(25)24(5)16(14-22)13-15-9-10-15/h6,15-17H,1,7-13H2,2-5H3,(H,23,26)/t16?,17-/m1/s1. The molecule has 2 atom stereocenters. The van der Waals surface area contributed by atoms with Crippen molar-refractivity contribution in [2.75, 3.05) is 7.05 Å². The predicted molar refractivity (Wildman–Crippen MR) is 104 cm³/mol. The summed E-state index contributed by atoms with van der Waals surface area (Å²) < 4.78 is 5.39. The summed E-state index contributed by atoms with van der Waals surface area (Å²) in [6.45, 7) is 9.32. The van der Waals surface area contributed by atoms with Crippen molar-refractivity contribution in [3.05, 3.63) is 12.7 Å². The van der Waals surface area contributed by atoms with Crippen LogP contribution in [0.4, 0.5) is 4.79 Å². The maximum absolute atomic E-state index is 13.4. The van der Waals surface area contributed by atoms with Gasteiger partial charge in [0.05, 0.1) is 6.07 Å². The van der Waals surface area contributed by atoms with Gasteiger partial charge in [0.1, 0.15) is 17.7 Å². The summed E-state index contributed by atoms with van der Waals surface area (Å²) >= 11 is 0. The van der Waals surface area contributed by atoms with Crippen molar-refractivity contribution in [3.63, 3.8) is 0 Å². The lowest BCUT2D eigenvalue weighted by atomic mass is 9.77. The molecule has 6 heteroatoms. The second-order valence-electron chi connectivity index (χ2n) is 9.00. The van der Waals surface area contributed by atoms with Crippen LogP contribution in [0.1, 0.15) is 65.7 Å². The minimum atomic E-state index is -0.771. The number of ether oxygens (including phenoxy) is 1. The third-order valence-electron chi connectivity index (χ3n) is 5.64. The van der Waals surface area contributed by atoms with Gasteiger partial charge < -0.3 is 15.0 Å². The number of carbonyl (C=O) groups is 2. The Hall–Kier alpha value is -2.03. The summed E-state index contributed by atoms with van der Waals surface area (Å²) in [4.78, 5) is 27.3. The van der Waals surface area contributed by atoms with E-state index in [1.54, 1.807) is 33.9 Å². The van der Waals surface area contributed by atoms with Crippen LogP contribution in [0.3, 0.4) is 0 Å². The van der Waals surface area contributed by atoms with Crippen molar-refractivity contribution in [2.45, 2.75) is 83.4 Å². The van der Waals surface area contributed by atoms with Gasteiger partial charge in [0.25, 0.3) is 0 Å². The highest BCUT2D eigenvalue weighted by Crippen LogP contribution is 2.43. The first-order valence-corrected chi connectivity index (χ1v) is 9.91. The summed E-state index contributed by atoms with van der Waals surface area (Å²) in [5, 5.41) is 12.4. The maximum Gasteiger partial charge on any atom is 0.408 e. The van der Waals surface area contributed by atoms with Crippen molar-refractivity contribution in [2.24, 2.45) is 11.3 Å². The predicted octanol–water partition coefficient (Wildman–Crippen LogP) is 3.78. The zero-order valence-corrected chi connectivity index (χ0v) is 17.1. The Morgan fingerprint density at radius 1 is 1.37 bits per heavy atom. The average molecular weight is 376 g/mol. The number of nitriles is 1. The Balaban J connectivity index is 2.22. The molecule has 6 nitrogen and oxygen atoms in total. The molecule has 27 heavy (non-hydrogen) atoms. The van der Waals surface area contributed by atoms with Crippen molar-refractivity contribution in [3.8, 4) is 6.07 Å². The fourth-order valence-electron chi connectivity index (χ4n) is 3.84. The van der Waals surface area contributed by atoms with Crippen LogP contribution in [0.5, 0.6) is 0 Å². The summed E-state index contributed by atoms with van der Waals surface area (Å²) in [5.41, 5.74) is -1.15. The normalized spacial score (nSPS) is 20.9. The smallest absolute Gasteiger partial charge is 0.408 e. The molecular weight excluding hydrogens is 342 g/mol. The molecule has 0 bridgehead atoms. The third kappa shape index (κ3) is 5.47. The van der Waals surface area contributed by atoms with E-state index >= 15 is 0 Å². The largest absolute Gasteiger partial charge is 0.444 e. The Bertz CT molecular complexity index is 607. The minimum Gasteiger partial charge on any atom is -0.444 e. The first-order chi connectivity index (χ1) is 12.6. The average Bonchev–Trinajstić information content (AvgIpc) is 3.28. The molecule has 2 amide bonds. The van der Waals surface area contributed by atoms with Crippen molar-refractivity contribution in [1.82, 2.24) is 10.2 Å². The van der Waals surface area contributed by atoms with Crippen molar-refractivity contribution < 1.29 is 14.3 Å². The van der Waals surface area contributed by atoms with Crippen LogP contribution in [0.15, 0.2) is 12.7 Å². The van der Waals surface area contributed by atoms with E-state index in [2.05, 4.69) is 18.0 Å². The van der Waals surface area contributed by atoms with Crippen molar-refractivity contribution in [1.29, 1.82) is 5.26 Å². The van der Waals surface area contributed by atoms with Gasteiger partial charge in [-0.3, -0.25) is 4.79 Å². The molecular formula is C21H33N3O3. The Kier molecular flexibility index (Phi) is 6.56. The van der Waals surface area contributed by atoms with Gasteiger partial charge in [-0.2, -0.15) is 5.26 Å². The number of rotatable bonds is 7. The van der Waals surface area contributed by atoms with Gasteiger partial charge in [-0.05, 0) is 46.0 Å². The lowest BCUT2D eigenvalue weighted by molar-refractivity contribution is -0.136. The quantitative estimate of drug-likeness (QED) is 0.687. The number of hydrogen-bond acceptors (Lipinski definition) is 4. The van der Waals surface area contributed by atoms with E-state index in [1.807, 2.05) is 0 Å². The van der Waals surface area contributed by atoms with Gasteiger partial charge in [-0.15, -0.1) is 6.58 Å². The monoisotopic (exact) mass is 375 g/mol. The lowest BCUT2D eigenvalue weighted by Gasteiger charge is -2.38. The van der Waals surface area contributed by atoms with Crippen LogP contribution in [0.2, 0.25) is 0 Å². The Morgan fingerprint density at radius 3 is 2.41 bits per heavy atom. The minimum absolute atomic E-state index is 0.241. The summed E-state index contributed by atoms with van der Waals surface area (Å²) in [5.74, 6) is 0.289. The molecule has 0 aromatic carbocycles. The summed E-state index contributed by atoms with van der Waals surface area (Å²) in [6.07, 6.45) is 7.67. The first-order valence-electron chi connectivity index (χ1n) is 9.91. The van der Waals surface area contributed by atoms with E-state index in [0.29, 0.717) is 12.3 Å². The third-order valence-corrected chi connectivity index (χ3v) is 5.64. The van der Waals surface area contributed by atoms with Gasteiger partial charge in [-0.1, -0.05) is 31.8 Å².